The van der Waals surface area contributed by atoms with E-state index >= 15 is 0 Å². The van der Waals surface area contributed by atoms with Crippen molar-refractivity contribution in [2.24, 2.45) is 5.92 Å². The number of carbonyl (C=O) groups excluding carboxylic acids is 1. The molecule has 3 heteroatoms. The molecule has 1 aliphatic heterocycles. The zero-order valence-electron chi connectivity index (χ0n) is 12.3. The van der Waals surface area contributed by atoms with Gasteiger partial charge in [-0.1, -0.05) is 26.7 Å². The van der Waals surface area contributed by atoms with Gasteiger partial charge in [0.05, 0.1) is 12.7 Å². The number of rotatable bonds is 2. The molecule has 2 aliphatic rings. The van der Waals surface area contributed by atoms with Gasteiger partial charge in [-0.15, -0.1) is 0 Å². The van der Waals surface area contributed by atoms with Crippen molar-refractivity contribution >= 4 is 5.78 Å². The third kappa shape index (κ3) is 4.69. The van der Waals surface area contributed by atoms with E-state index in [1.54, 1.807) is 0 Å². The maximum absolute atomic E-state index is 11.9. The summed E-state index contributed by atoms with van der Waals surface area (Å²) < 4.78 is 11.3. The Morgan fingerprint density at radius 2 is 1.94 bits per heavy atom. The third-order valence-corrected chi connectivity index (χ3v) is 3.55. The minimum atomic E-state index is -0.460. The average molecular weight is 256 g/mol. The normalized spacial score (nSPS) is 31.4. The van der Waals surface area contributed by atoms with Crippen molar-refractivity contribution in [1.82, 2.24) is 0 Å². The van der Waals surface area contributed by atoms with E-state index < -0.39 is 5.79 Å². The highest BCUT2D eigenvalue weighted by Crippen LogP contribution is 2.30. The molecule has 2 atom stereocenters. The summed E-state index contributed by atoms with van der Waals surface area (Å²) >= 11 is 0. The number of hydrogen-bond donors (Lipinski definition) is 0. The Kier molecular flexibility index (Phi) is 6.30. The van der Waals surface area contributed by atoms with E-state index in [1.807, 2.05) is 27.7 Å². The lowest BCUT2D eigenvalue weighted by Crippen LogP contribution is -2.25. The SMILES string of the molecule is CC.CC1(C)OC[C@@H](C[C@@H]2CCCCCC2=O)O1. The Hall–Kier alpha value is -0.410. The first-order valence-corrected chi connectivity index (χ1v) is 7.41. The first-order valence-electron chi connectivity index (χ1n) is 7.41. The summed E-state index contributed by atoms with van der Waals surface area (Å²) in [5.41, 5.74) is 0. The first kappa shape index (κ1) is 15.6. The molecule has 0 spiro atoms. The van der Waals surface area contributed by atoms with E-state index in [0.717, 1.165) is 25.7 Å². The second-order valence-electron chi connectivity index (χ2n) is 5.45. The van der Waals surface area contributed by atoms with E-state index in [2.05, 4.69) is 0 Å². The molecule has 0 bridgehead atoms. The van der Waals surface area contributed by atoms with Gasteiger partial charge in [0.15, 0.2) is 5.79 Å². The predicted octanol–water partition coefficient (Wildman–Crippen LogP) is 3.70. The van der Waals surface area contributed by atoms with Gasteiger partial charge in [-0.05, 0) is 33.1 Å². The summed E-state index contributed by atoms with van der Waals surface area (Å²) in [6.07, 6.45) is 6.23. The van der Waals surface area contributed by atoms with E-state index in [4.69, 9.17) is 9.47 Å². The summed E-state index contributed by atoms with van der Waals surface area (Å²) in [6.45, 7) is 8.50. The van der Waals surface area contributed by atoms with Crippen LogP contribution in [0.1, 0.15) is 66.2 Å². The van der Waals surface area contributed by atoms with Crippen molar-refractivity contribution in [3.63, 3.8) is 0 Å². The molecule has 0 N–H and O–H groups in total. The van der Waals surface area contributed by atoms with Gasteiger partial charge >= 0.3 is 0 Å². The zero-order valence-corrected chi connectivity index (χ0v) is 12.3. The first-order chi connectivity index (χ1) is 8.57. The van der Waals surface area contributed by atoms with E-state index in [0.29, 0.717) is 12.4 Å². The van der Waals surface area contributed by atoms with Gasteiger partial charge in [-0.2, -0.15) is 0 Å². The molecule has 2 fully saturated rings. The Bertz CT molecular complexity index is 260. The smallest absolute Gasteiger partial charge is 0.163 e. The average Bonchev–Trinajstić information content (AvgIpc) is 2.55. The molecule has 1 saturated heterocycles. The van der Waals surface area contributed by atoms with Gasteiger partial charge in [0.25, 0.3) is 0 Å². The number of hydrogen-bond acceptors (Lipinski definition) is 3. The number of Topliss-reactive ketones (excluding diaryl/α,β-unsaturated/α-hetero) is 1. The Balaban J connectivity index is 0.000000771. The van der Waals surface area contributed by atoms with Crippen LogP contribution in [0.25, 0.3) is 0 Å². The summed E-state index contributed by atoms with van der Waals surface area (Å²) in [7, 11) is 0. The Labute approximate surface area is 111 Å². The van der Waals surface area contributed by atoms with Crippen molar-refractivity contribution in [2.45, 2.75) is 78.1 Å². The second-order valence-corrected chi connectivity index (χ2v) is 5.45. The highest BCUT2D eigenvalue weighted by atomic mass is 16.7. The Morgan fingerprint density at radius 3 is 2.56 bits per heavy atom. The van der Waals surface area contributed by atoms with Crippen LogP contribution in [0, 0.1) is 5.92 Å². The van der Waals surface area contributed by atoms with Crippen LogP contribution in [0.15, 0.2) is 0 Å². The van der Waals surface area contributed by atoms with Crippen LogP contribution in [-0.4, -0.2) is 24.3 Å². The minimum Gasteiger partial charge on any atom is -0.348 e. The molecule has 0 unspecified atom stereocenters. The van der Waals surface area contributed by atoms with Crippen LogP contribution in [0.3, 0.4) is 0 Å². The molecule has 0 aromatic rings. The fraction of sp³-hybridized carbons (Fsp3) is 0.933. The van der Waals surface area contributed by atoms with Crippen LogP contribution < -0.4 is 0 Å². The Morgan fingerprint density at radius 1 is 1.22 bits per heavy atom. The second kappa shape index (κ2) is 7.25. The van der Waals surface area contributed by atoms with E-state index in [9.17, 15) is 4.79 Å². The molecule has 1 saturated carbocycles. The molecular formula is C15H28O3. The summed E-state index contributed by atoms with van der Waals surface area (Å²) in [6, 6.07) is 0. The number of ketones is 1. The quantitative estimate of drug-likeness (QED) is 0.707. The van der Waals surface area contributed by atoms with Crippen LogP contribution in [-0.2, 0) is 14.3 Å². The molecule has 0 amide bonds. The fourth-order valence-electron chi connectivity index (χ4n) is 2.68. The van der Waals surface area contributed by atoms with Crippen LogP contribution >= 0.6 is 0 Å². The summed E-state index contributed by atoms with van der Waals surface area (Å²) in [5, 5.41) is 0. The van der Waals surface area contributed by atoms with Crippen LogP contribution in [0.5, 0.6) is 0 Å². The van der Waals surface area contributed by atoms with Crippen molar-refractivity contribution in [3.05, 3.63) is 0 Å². The monoisotopic (exact) mass is 256 g/mol. The van der Waals surface area contributed by atoms with Crippen LogP contribution in [0.4, 0.5) is 0 Å². The van der Waals surface area contributed by atoms with Crippen molar-refractivity contribution < 1.29 is 14.3 Å². The molecule has 18 heavy (non-hydrogen) atoms. The van der Waals surface area contributed by atoms with Gasteiger partial charge in [-0.3, -0.25) is 4.79 Å². The number of ether oxygens (including phenoxy) is 2. The van der Waals surface area contributed by atoms with Gasteiger partial charge in [0.2, 0.25) is 0 Å². The van der Waals surface area contributed by atoms with E-state index in [1.165, 1.54) is 12.8 Å². The molecule has 3 nitrogen and oxygen atoms in total. The molecule has 0 aromatic carbocycles. The fourth-order valence-corrected chi connectivity index (χ4v) is 2.68. The lowest BCUT2D eigenvalue weighted by Gasteiger charge is -2.19. The minimum absolute atomic E-state index is 0.113. The largest absolute Gasteiger partial charge is 0.348 e. The van der Waals surface area contributed by atoms with Crippen molar-refractivity contribution in [3.8, 4) is 0 Å². The topological polar surface area (TPSA) is 35.5 Å². The number of carbonyl (C=O) groups is 1. The zero-order chi connectivity index (χ0) is 13.6. The van der Waals surface area contributed by atoms with Crippen molar-refractivity contribution in [2.75, 3.05) is 6.61 Å². The molecule has 0 aromatic heterocycles. The maximum atomic E-state index is 11.9. The summed E-state index contributed by atoms with van der Waals surface area (Å²) in [4.78, 5) is 11.9. The lowest BCUT2D eigenvalue weighted by atomic mass is 9.93. The van der Waals surface area contributed by atoms with Gasteiger partial charge in [0.1, 0.15) is 5.78 Å². The highest BCUT2D eigenvalue weighted by molar-refractivity contribution is 5.81. The molecule has 2 rings (SSSR count). The third-order valence-electron chi connectivity index (χ3n) is 3.55. The highest BCUT2D eigenvalue weighted by Gasteiger charge is 2.35. The van der Waals surface area contributed by atoms with Gasteiger partial charge in [-0.25, -0.2) is 0 Å². The maximum Gasteiger partial charge on any atom is 0.163 e. The van der Waals surface area contributed by atoms with Gasteiger partial charge in [0, 0.05) is 12.3 Å². The molecule has 1 aliphatic carbocycles. The van der Waals surface area contributed by atoms with E-state index in [-0.39, 0.29) is 12.0 Å². The molecule has 0 radical (unpaired) electrons. The predicted molar refractivity (Wildman–Crippen MR) is 72.5 cm³/mol. The standard InChI is InChI=1S/C13H22O3.C2H6/c1-13(2)15-9-11(16-13)8-10-6-4-3-5-7-12(10)14;1-2/h10-11H,3-9H2,1-2H3;1-2H3/t10-,11+;/m0./s1. The van der Waals surface area contributed by atoms with Crippen LogP contribution in [0.2, 0.25) is 0 Å². The summed E-state index contributed by atoms with van der Waals surface area (Å²) in [5.74, 6) is 0.189. The van der Waals surface area contributed by atoms with Crippen molar-refractivity contribution in [1.29, 1.82) is 0 Å². The molecule has 1 heterocycles. The van der Waals surface area contributed by atoms with Gasteiger partial charge < -0.3 is 9.47 Å². The molecular weight excluding hydrogens is 228 g/mol. The molecule has 106 valence electrons. The lowest BCUT2D eigenvalue weighted by molar-refractivity contribution is -0.142.